The van der Waals surface area contributed by atoms with Crippen molar-refractivity contribution in [2.45, 2.75) is 19.4 Å². The molecule has 0 aliphatic carbocycles. The molecule has 1 aromatic rings. The number of hydrogen-bond donors (Lipinski definition) is 2. The highest BCUT2D eigenvalue weighted by molar-refractivity contribution is 5.75. The van der Waals surface area contributed by atoms with Gasteiger partial charge < -0.3 is 20.1 Å². The van der Waals surface area contributed by atoms with Crippen LogP contribution >= 0.6 is 0 Å². The van der Waals surface area contributed by atoms with Crippen LogP contribution < -0.4 is 10.1 Å². The van der Waals surface area contributed by atoms with Gasteiger partial charge in [0.05, 0.1) is 6.42 Å². The number of alkyl halides is 2. The fraction of sp³-hybridized carbons (Fsp3) is 0.462. The number of carboxylic acids is 1. The average molecular weight is 317 g/mol. The highest BCUT2D eigenvalue weighted by Gasteiger charge is 2.12. The van der Waals surface area contributed by atoms with Crippen LogP contribution in [-0.4, -0.2) is 53.6 Å². The van der Waals surface area contributed by atoms with Crippen LogP contribution in [0.5, 0.6) is 5.88 Å². The maximum atomic E-state index is 12.1. The topological polar surface area (TPSA) is 91.8 Å². The van der Waals surface area contributed by atoms with Gasteiger partial charge in [0.25, 0.3) is 6.43 Å². The first kappa shape index (κ1) is 17.6. The molecule has 2 N–H and O–H groups in total. The Bertz CT molecular complexity index is 514. The number of carboxylic acid groups (broad SMARTS) is 1. The molecule has 9 heteroatoms. The summed E-state index contributed by atoms with van der Waals surface area (Å²) < 4.78 is 29.2. The van der Waals surface area contributed by atoms with Gasteiger partial charge in [-0.05, 0) is 6.07 Å². The number of aromatic nitrogens is 1. The van der Waals surface area contributed by atoms with E-state index in [2.05, 4.69) is 10.3 Å². The summed E-state index contributed by atoms with van der Waals surface area (Å²) in [5.74, 6) is -0.981. The van der Waals surface area contributed by atoms with Crippen molar-refractivity contribution < 1.29 is 28.2 Å². The van der Waals surface area contributed by atoms with Crippen molar-refractivity contribution in [3.8, 4) is 5.88 Å². The maximum Gasteiger partial charge on any atom is 0.317 e. The fourth-order valence-electron chi connectivity index (χ4n) is 1.50. The molecule has 1 rings (SSSR count). The Morgan fingerprint density at radius 2 is 2.23 bits per heavy atom. The lowest BCUT2D eigenvalue weighted by atomic mass is 10.2. The number of carbonyl (C=O) groups is 2. The van der Waals surface area contributed by atoms with E-state index in [-0.39, 0.29) is 25.4 Å². The first-order valence-corrected chi connectivity index (χ1v) is 6.45. The van der Waals surface area contributed by atoms with Gasteiger partial charge in [-0.25, -0.2) is 18.6 Å². The van der Waals surface area contributed by atoms with E-state index in [0.29, 0.717) is 5.56 Å². The minimum atomic E-state index is -2.62. The Morgan fingerprint density at radius 1 is 1.50 bits per heavy atom. The van der Waals surface area contributed by atoms with Gasteiger partial charge in [0.1, 0.15) is 0 Å². The second-order valence-corrected chi connectivity index (χ2v) is 4.39. The summed E-state index contributed by atoms with van der Waals surface area (Å²) in [7, 11) is 1.45. The molecule has 0 saturated carbocycles. The number of hydrogen-bond acceptors (Lipinski definition) is 4. The molecule has 0 atom stereocenters. The first-order chi connectivity index (χ1) is 10.4. The van der Waals surface area contributed by atoms with Crippen molar-refractivity contribution in [2.24, 2.45) is 0 Å². The van der Waals surface area contributed by atoms with E-state index in [1.807, 2.05) is 0 Å². The third-order valence-corrected chi connectivity index (χ3v) is 2.63. The third-order valence-electron chi connectivity index (χ3n) is 2.63. The minimum Gasteiger partial charge on any atom is -0.481 e. The van der Waals surface area contributed by atoms with Crippen LogP contribution in [0.3, 0.4) is 0 Å². The smallest absolute Gasteiger partial charge is 0.317 e. The van der Waals surface area contributed by atoms with Crippen LogP contribution in [0.2, 0.25) is 0 Å². The molecular formula is C13H17F2N3O4. The molecule has 1 heterocycles. The van der Waals surface area contributed by atoms with Gasteiger partial charge in [0.15, 0.2) is 6.61 Å². The summed E-state index contributed by atoms with van der Waals surface area (Å²) >= 11 is 0. The van der Waals surface area contributed by atoms with Crippen molar-refractivity contribution in [3.63, 3.8) is 0 Å². The lowest BCUT2D eigenvalue weighted by molar-refractivity contribution is -0.137. The lowest BCUT2D eigenvalue weighted by Crippen LogP contribution is -2.38. The molecule has 122 valence electrons. The lowest BCUT2D eigenvalue weighted by Gasteiger charge is -2.17. The Hall–Kier alpha value is -2.45. The van der Waals surface area contributed by atoms with E-state index < -0.39 is 25.0 Å². The predicted octanol–water partition coefficient (Wildman–Crippen LogP) is 1.34. The van der Waals surface area contributed by atoms with Gasteiger partial charge in [0.2, 0.25) is 5.88 Å². The second-order valence-electron chi connectivity index (χ2n) is 4.39. The number of ether oxygens (including phenoxy) is 1. The number of urea groups is 1. The number of halogens is 2. The van der Waals surface area contributed by atoms with Gasteiger partial charge in [0, 0.05) is 31.9 Å². The minimum absolute atomic E-state index is 0.0243. The largest absolute Gasteiger partial charge is 0.481 e. The van der Waals surface area contributed by atoms with E-state index in [9.17, 15) is 18.4 Å². The molecule has 22 heavy (non-hydrogen) atoms. The number of nitrogens with one attached hydrogen (secondary N) is 1. The summed E-state index contributed by atoms with van der Waals surface area (Å²) in [4.78, 5) is 27.2. The number of aliphatic carboxylic acids is 1. The number of carbonyl (C=O) groups excluding carboxylic acids is 1. The van der Waals surface area contributed by atoms with Crippen LogP contribution in [0.15, 0.2) is 18.3 Å². The van der Waals surface area contributed by atoms with Gasteiger partial charge in [-0.2, -0.15) is 0 Å². The van der Waals surface area contributed by atoms with Gasteiger partial charge in [-0.1, -0.05) is 6.07 Å². The van der Waals surface area contributed by atoms with Gasteiger partial charge >= 0.3 is 12.0 Å². The van der Waals surface area contributed by atoms with Gasteiger partial charge in [-0.3, -0.25) is 4.79 Å². The number of amides is 2. The van der Waals surface area contributed by atoms with Gasteiger partial charge in [-0.15, -0.1) is 0 Å². The van der Waals surface area contributed by atoms with Crippen molar-refractivity contribution in [3.05, 3.63) is 23.9 Å². The standard InChI is InChI=1S/C13H17F2N3O4/c1-18(6-4-11(19)20)13(21)17-7-9-3-2-5-16-12(9)22-8-10(14)15/h2-3,5,10H,4,6-8H2,1H3,(H,17,21)(H,19,20). The molecule has 0 aliphatic rings. The zero-order chi connectivity index (χ0) is 16.5. The number of pyridine rings is 1. The number of nitrogens with zero attached hydrogens (tertiary/aromatic N) is 2. The summed E-state index contributed by atoms with van der Waals surface area (Å²) in [6.45, 7) is -0.692. The third kappa shape index (κ3) is 6.33. The number of rotatable bonds is 8. The zero-order valence-corrected chi connectivity index (χ0v) is 12.0. The van der Waals surface area contributed by atoms with E-state index in [1.54, 1.807) is 12.1 Å². The van der Waals surface area contributed by atoms with Crippen LogP contribution in [0, 0.1) is 0 Å². The monoisotopic (exact) mass is 317 g/mol. The highest BCUT2D eigenvalue weighted by atomic mass is 19.3. The molecule has 0 bridgehead atoms. The van der Waals surface area contributed by atoms with Crippen molar-refractivity contribution in [1.29, 1.82) is 0 Å². The fourth-order valence-corrected chi connectivity index (χ4v) is 1.50. The van der Waals surface area contributed by atoms with Crippen LogP contribution in [0.4, 0.5) is 13.6 Å². The molecule has 1 aromatic heterocycles. The van der Waals surface area contributed by atoms with Crippen molar-refractivity contribution in [2.75, 3.05) is 20.2 Å². The van der Waals surface area contributed by atoms with E-state index in [4.69, 9.17) is 9.84 Å². The first-order valence-electron chi connectivity index (χ1n) is 6.45. The Morgan fingerprint density at radius 3 is 2.86 bits per heavy atom. The molecule has 0 spiro atoms. The van der Waals surface area contributed by atoms with Crippen LogP contribution in [0.25, 0.3) is 0 Å². The molecule has 0 aliphatic heterocycles. The van der Waals surface area contributed by atoms with E-state index in [0.717, 1.165) is 0 Å². The summed E-state index contributed by atoms with van der Waals surface area (Å²) in [5, 5.41) is 11.1. The van der Waals surface area contributed by atoms with Crippen LogP contribution in [-0.2, 0) is 11.3 Å². The van der Waals surface area contributed by atoms with Crippen molar-refractivity contribution >= 4 is 12.0 Å². The Balaban J connectivity index is 2.53. The highest BCUT2D eigenvalue weighted by Crippen LogP contribution is 2.14. The summed E-state index contributed by atoms with van der Waals surface area (Å²) in [5.41, 5.74) is 0.447. The molecule has 7 nitrogen and oxygen atoms in total. The molecule has 0 saturated heterocycles. The maximum absolute atomic E-state index is 12.1. The summed E-state index contributed by atoms with van der Waals surface area (Å²) in [6.07, 6.45) is -1.39. The Kier molecular flexibility index (Phi) is 7.00. The van der Waals surface area contributed by atoms with E-state index in [1.165, 1.54) is 18.1 Å². The van der Waals surface area contributed by atoms with Crippen LogP contribution in [0.1, 0.15) is 12.0 Å². The predicted molar refractivity (Wildman–Crippen MR) is 72.9 cm³/mol. The average Bonchev–Trinajstić information content (AvgIpc) is 2.48. The molecule has 0 fully saturated rings. The van der Waals surface area contributed by atoms with Crippen molar-refractivity contribution in [1.82, 2.24) is 15.2 Å². The van der Waals surface area contributed by atoms with E-state index >= 15 is 0 Å². The molecule has 0 unspecified atom stereocenters. The zero-order valence-electron chi connectivity index (χ0n) is 12.0. The molecule has 0 radical (unpaired) electrons. The quantitative estimate of drug-likeness (QED) is 0.755. The molecular weight excluding hydrogens is 300 g/mol. The molecule has 0 aromatic carbocycles. The SMILES string of the molecule is CN(CCC(=O)O)C(=O)NCc1cccnc1OCC(F)F. The Labute approximate surface area is 125 Å². The molecule has 2 amide bonds. The summed E-state index contributed by atoms with van der Waals surface area (Å²) in [6, 6.07) is 2.70. The second kappa shape index (κ2) is 8.75. The normalized spacial score (nSPS) is 10.4.